The molecule has 0 bridgehead atoms. The lowest BCUT2D eigenvalue weighted by atomic mass is 10.0. The first-order chi connectivity index (χ1) is 13.5. The minimum Gasteiger partial charge on any atom is -0.362 e. The number of fused-ring (bicyclic) bond motifs is 1. The average Bonchev–Trinajstić information content (AvgIpc) is 2.73. The van der Waals surface area contributed by atoms with E-state index in [1.165, 1.54) is 24.3 Å². The smallest absolute Gasteiger partial charge is 0.254 e. The summed E-state index contributed by atoms with van der Waals surface area (Å²) in [5.41, 5.74) is 3.39. The molecule has 0 saturated carbocycles. The first-order valence-electron chi connectivity index (χ1n) is 9.20. The molecule has 0 unspecified atom stereocenters. The molecule has 1 aliphatic heterocycles. The minimum atomic E-state index is -0.350. The van der Waals surface area contributed by atoms with Crippen molar-refractivity contribution in [1.82, 2.24) is 14.9 Å². The highest BCUT2D eigenvalue weighted by molar-refractivity contribution is 5.94. The highest BCUT2D eigenvalue weighted by Crippen LogP contribution is 2.29. The van der Waals surface area contributed by atoms with Gasteiger partial charge in [-0.1, -0.05) is 30.3 Å². The normalized spacial score (nSPS) is 13.2. The Bertz CT molecular complexity index is 1000. The lowest BCUT2D eigenvalue weighted by Crippen LogP contribution is -2.37. The van der Waals surface area contributed by atoms with Crippen molar-refractivity contribution < 1.29 is 9.18 Å². The van der Waals surface area contributed by atoms with Crippen LogP contribution in [0.15, 0.2) is 54.6 Å². The Morgan fingerprint density at radius 1 is 1.04 bits per heavy atom. The molecule has 0 N–H and O–H groups in total. The van der Waals surface area contributed by atoms with Crippen molar-refractivity contribution in [3.05, 3.63) is 77.2 Å². The highest BCUT2D eigenvalue weighted by Gasteiger charge is 2.27. The third-order valence-electron chi connectivity index (χ3n) is 4.87. The van der Waals surface area contributed by atoms with Crippen LogP contribution in [0.1, 0.15) is 21.6 Å². The Balaban J connectivity index is 1.68. The predicted octanol–water partition coefficient (Wildman–Crippen LogP) is 3.55. The zero-order valence-corrected chi connectivity index (χ0v) is 15.9. The second-order valence-corrected chi connectivity index (χ2v) is 7.04. The monoisotopic (exact) mass is 376 g/mol. The molecule has 4 rings (SSSR count). The molecule has 2 heterocycles. The van der Waals surface area contributed by atoms with Crippen molar-refractivity contribution in [2.24, 2.45) is 0 Å². The third-order valence-corrected chi connectivity index (χ3v) is 4.87. The van der Waals surface area contributed by atoms with Crippen LogP contribution in [-0.2, 0) is 13.0 Å². The van der Waals surface area contributed by atoms with E-state index in [1.807, 2.05) is 49.3 Å². The number of hydrogen-bond acceptors (Lipinski definition) is 4. The molecule has 2 aromatic carbocycles. The molecule has 1 aromatic heterocycles. The van der Waals surface area contributed by atoms with Gasteiger partial charge in [0.25, 0.3) is 5.91 Å². The van der Waals surface area contributed by atoms with Crippen molar-refractivity contribution in [2.45, 2.75) is 13.0 Å². The number of hydrogen-bond donors (Lipinski definition) is 0. The number of anilines is 1. The summed E-state index contributed by atoms with van der Waals surface area (Å²) < 4.78 is 13.2. The van der Waals surface area contributed by atoms with Gasteiger partial charge in [0.15, 0.2) is 5.82 Å². The van der Waals surface area contributed by atoms with Gasteiger partial charge < -0.3 is 9.80 Å². The van der Waals surface area contributed by atoms with Gasteiger partial charge in [-0.3, -0.25) is 4.79 Å². The first kappa shape index (κ1) is 18.1. The molecule has 5 nitrogen and oxygen atoms in total. The van der Waals surface area contributed by atoms with E-state index in [0.29, 0.717) is 30.9 Å². The SMILES string of the molecule is CN(C)c1nc(-c2ccccc2)nc2c1CN(C(=O)c1ccc(F)cc1)CC2. The van der Waals surface area contributed by atoms with Crippen LogP contribution < -0.4 is 4.90 Å². The fourth-order valence-corrected chi connectivity index (χ4v) is 3.43. The zero-order chi connectivity index (χ0) is 19.7. The molecule has 28 heavy (non-hydrogen) atoms. The second kappa shape index (κ2) is 7.38. The summed E-state index contributed by atoms with van der Waals surface area (Å²) in [6.07, 6.45) is 0.658. The summed E-state index contributed by atoms with van der Waals surface area (Å²) >= 11 is 0. The summed E-state index contributed by atoms with van der Waals surface area (Å²) in [7, 11) is 3.89. The predicted molar refractivity (Wildman–Crippen MR) is 107 cm³/mol. The quantitative estimate of drug-likeness (QED) is 0.702. The maximum absolute atomic E-state index is 13.2. The van der Waals surface area contributed by atoms with Crippen molar-refractivity contribution in [3.63, 3.8) is 0 Å². The molecule has 142 valence electrons. The van der Waals surface area contributed by atoms with Crippen molar-refractivity contribution in [3.8, 4) is 11.4 Å². The number of rotatable bonds is 3. The molecule has 0 saturated heterocycles. The van der Waals surface area contributed by atoms with E-state index in [2.05, 4.69) is 0 Å². The van der Waals surface area contributed by atoms with Gasteiger partial charge in [0.2, 0.25) is 0 Å². The molecule has 0 spiro atoms. The molecule has 0 aliphatic carbocycles. The molecule has 0 atom stereocenters. The summed E-state index contributed by atoms with van der Waals surface area (Å²) in [5.74, 6) is 1.06. The molecule has 1 aliphatic rings. The van der Waals surface area contributed by atoms with E-state index >= 15 is 0 Å². The van der Waals surface area contributed by atoms with Gasteiger partial charge in [0, 0.05) is 43.8 Å². The largest absolute Gasteiger partial charge is 0.362 e. The Morgan fingerprint density at radius 2 is 1.75 bits per heavy atom. The third kappa shape index (κ3) is 3.45. The molecule has 0 radical (unpaired) electrons. The molecule has 6 heteroatoms. The molecular formula is C22H21FN4O. The fraction of sp³-hybridized carbons (Fsp3) is 0.227. The van der Waals surface area contributed by atoms with Crippen LogP contribution >= 0.6 is 0 Å². The minimum absolute atomic E-state index is 0.109. The van der Waals surface area contributed by atoms with Crippen molar-refractivity contribution >= 4 is 11.7 Å². The van der Waals surface area contributed by atoms with Gasteiger partial charge in [-0.2, -0.15) is 0 Å². The molecule has 0 fully saturated rings. The number of carbonyl (C=O) groups is 1. The number of nitrogens with zero attached hydrogens (tertiary/aromatic N) is 4. The lowest BCUT2D eigenvalue weighted by Gasteiger charge is -2.31. The summed E-state index contributed by atoms with van der Waals surface area (Å²) in [6.45, 7) is 1.01. The van der Waals surface area contributed by atoms with Crippen LogP contribution in [0, 0.1) is 5.82 Å². The summed E-state index contributed by atoms with van der Waals surface area (Å²) in [4.78, 5) is 26.1. The first-order valence-corrected chi connectivity index (χ1v) is 9.20. The van der Waals surface area contributed by atoms with E-state index in [-0.39, 0.29) is 11.7 Å². The van der Waals surface area contributed by atoms with Gasteiger partial charge in [-0.25, -0.2) is 14.4 Å². The number of halogens is 1. The van der Waals surface area contributed by atoms with E-state index < -0.39 is 0 Å². The Hall–Kier alpha value is -3.28. The van der Waals surface area contributed by atoms with Crippen LogP contribution in [0.25, 0.3) is 11.4 Å². The van der Waals surface area contributed by atoms with Gasteiger partial charge in [0.05, 0.1) is 12.2 Å². The topological polar surface area (TPSA) is 49.3 Å². The Labute approximate surface area is 163 Å². The molecule has 1 amide bonds. The number of aromatic nitrogens is 2. The zero-order valence-electron chi connectivity index (χ0n) is 15.9. The van der Waals surface area contributed by atoms with E-state index in [0.717, 1.165) is 22.6 Å². The Morgan fingerprint density at radius 3 is 2.43 bits per heavy atom. The summed E-state index contributed by atoms with van der Waals surface area (Å²) in [5, 5.41) is 0. The number of amides is 1. The highest BCUT2D eigenvalue weighted by atomic mass is 19.1. The average molecular weight is 376 g/mol. The van der Waals surface area contributed by atoms with Crippen molar-refractivity contribution in [1.29, 1.82) is 0 Å². The second-order valence-electron chi connectivity index (χ2n) is 7.04. The fourth-order valence-electron chi connectivity index (χ4n) is 3.43. The van der Waals surface area contributed by atoms with Crippen LogP contribution in [-0.4, -0.2) is 41.4 Å². The van der Waals surface area contributed by atoms with E-state index in [9.17, 15) is 9.18 Å². The number of benzene rings is 2. The van der Waals surface area contributed by atoms with Gasteiger partial charge >= 0.3 is 0 Å². The van der Waals surface area contributed by atoms with Gasteiger partial charge in [-0.15, -0.1) is 0 Å². The van der Waals surface area contributed by atoms with Crippen LogP contribution in [0.4, 0.5) is 10.2 Å². The molecule has 3 aromatic rings. The number of carbonyl (C=O) groups excluding carboxylic acids is 1. The maximum Gasteiger partial charge on any atom is 0.254 e. The van der Waals surface area contributed by atoms with Gasteiger partial charge in [0.1, 0.15) is 11.6 Å². The van der Waals surface area contributed by atoms with Crippen molar-refractivity contribution in [2.75, 3.05) is 25.5 Å². The van der Waals surface area contributed by atoms with E-state index in [1.54, 1.807) is 4.90 Å². The maximum atomic E-state index is 13.2. The van der Waals surface area contributed by atoms with Crippen LogP contribution in [0.3, 0.4) is 0 Å². The lowest BCUT2D eigenvalue weighted by molar-refractivity contribution is 0.0733. The van der Waals surface area contributed by atoms with E-state index in [4.69, 9.17) is 9.97 Å². The van der Waals surface area contributed by atoms with Crippen LogP contribution in [0.5, 0.6) is 0 Å². The van der Waals surface area contributed by atoms with Crippen LogP contribution in [0.2, 0.25) is 0 Å². The molecular weight excluding hydrogens is 355 g/mol. The van der Waals surface area contributed by atoms with Gasteiger partial charge in [-0.05, 0) is 24.3 Å². The Kier molecular flexibility index (Phi) is 4.77. The summed E-state index contributed by atoms with van der Waals surface area (Å²) in [6, 6.07) is 15.6. The standard InChI is InChI=1S/C22H21FN4O/c1-26(2)21-18-14-27(22(28)16-8-10-17(23)11-9-16)13-12-19(18)24-20(25-21)15-6-4-3-5-7-15/h3-11H,12-14H2,1-2H3.